The summed E-state index contributed by atoms with van der Waals surface area (Å²) >= 11 is 0. The zero-order valence-corrected chi connectivity index (χ0v) is 19.6. The highest BCUT2D eigenvalue weighted by Crippen LogP contribution is 2.35. The Labute approximate surface area is 200 Å². The topological polar surface area (TPSA) is 57.5 Å². The number of benzene rings is 3. The van der Waals surface area contributed by atoms with Crippen LogP contribution in [0.25, 0.3) is 22.1 Å². The Hall–Kier alpha value is -3.57. The lowest BCUT2D eigenvalue weighted by atomic mass is 9.89. The van der Waals surface area contributed by atoms with Crippen LogP contribution in [-0.2, 0) is 0 Å². The number of furan rings is 1. The molecule has 1 aliphatic heterocycles. The number of likely N-dealkylation sites (tertiary alicyclic amines) is 1. The summed E-state index contributed by atoms with van der Waals surface area (Å²) in [7, 11) is 0. The molecule has 34 heavy (non-hydrogen) atoms. The van der Waals surface area contributed by atoms with E-state index in [0.29, 0.717) is 5.92 Å². The van der Waals surface area contributed by atoms with Crippen molar-refractivity contribution in [2.24, 2.45) is 0 Å². The number of nitrogens with zero attached hydrogens (tertiary/aromatic N) is 1. The molecule has 5 nitrogen and oxygen atoms in total. The molecule has 0 radical (unpaired) electrons. The molecule has 1 fully saturated rings. The molecule has 0 atom stereocenters. The number of nitrogens with one attached hydrogen (secondary N) is 2. The second kappa shape index (κ2) is 10.1. The van der Waals surface area contributed by atoms with Crippen LogP contribution in [0.1, 0.15) is 37.7 Å². The Kier molecular flexibility index (Phi) is 6.63. The monoisotopic (exact) mass is 453 g/mol. The minimum Gasteiger partial charge on any atom is -0.464 e. The molecule has 0 bridgehead atoms. The van der Waals surface area contributed by atoms with Crippen LogP contribution in [0.5, 0.6) is 0 Å². The predicted octanol–water partition coefficient (Wildman–Crippen LogP) is 7.33. The first-order valence-corrected chi connectivity index (χ1v) is 12.2. The maximum absolute atomic E-state index is 12.7. The van der Waals surface area contributed by atoms with Gasteiger partial charge < -0.3 is 20.0 Å². The van der Waals surface area contributed by atoms with Gasteiger partial charge in [0.1, 0.15) is 5.58 Å². The fourth-order valence-electron chi connectivity index (χ4n) is 4.93. The molecule has 3 aromatic carbocycles. The molecular formula is C29H31N3O2. The maximum Gasteiger partial charge on any atom is 0.323 e. The standard InChI is InChI=1S/C29H31N3O2/c1-2-15-32-16-13-22(14-17-32)27-20-34-28-12-11-25(19-26(27)28)31-29(33)30-24-10-6-9-23(18-24)21-7-4-3-5-8-21/h3-12,18-20,22H,2,13-17H2,1H3,(H2,30,31,33). The van der Waals surface area contributed by atoms with Gasteiger partial charge in [0.15, 0.2) is 0 Å². The first-order chi connectivity index (χ1) is 16.7. The van der Waals surface area contributed by atoms with Gasteiger partial charge in [-0.3, -0.25) is 0 Å². The fourth-order valence-corrected chi connectivity index (χ4v) is 4.93. The number of anilines is 2. The minimum absolute atomic E-state index is 0.262. The second-order valence-electron chi connectivity index (χ2n) is 9.04. The van der Waals surface area contributed by atoms with Gasteiger partial charge >= 0.3 is 6.03 Å². The minimum atomic E-state index is -0.262. The fraction of sp³-hybridized carbons (Fsp3) is 0.276. The number of hydrogen-bond acceptors (Lipinski definition) is 3. The number of piperidine rings is 1. The molecule has 1 aliphatic rings. The van der Waals surface area contributed by atoms with E-state index in [4.69, 9.17) is 4.42 Å². The Bertz CT molecular complexity index is 1260. The van der Waals surface area contributed by atoms with Gasteiger partial charge in [-0.05, 0) is 86.3 Å². The van der Waals surface area contributed by atoms with E-state index >= 15 is 0 Å². The average molecular weight is 454 g/mol. The van der Waals surface area contributed by atoms with Crippen LogP contribution in [0.15, 0.2) is 83.5 Å². The molecular weight excluding hydrogens is 422 g/mol. The molecule has 4 aromatic rings. The number of urea groups is 1. The third-order valence-electron chi connectivity index (χ3n) is 6.66. The van der Waals surface area contributed by atoms with Crippen molar-refractivity contribution >= 4 is 28.4 Å². The first-order valence-electron chi connectivity index (χ1n) is 12.2. The van der Waals surface area contributed by atoms with Crippen LogP contribution in [0.3, 0.4) is 0 Å². The van der Waals surface area contributed by atoms with Gasteiger partial charge in [0, 0.05) is 22.3 Å². The highest BCUT2D eigenvalue weighted by molar-refractivity contribution is 6.01. The Morgan fingerprint density at radius 2 is 1.65 bits per heavy atom. The van der Waals surface area contributed by atoms with Gasteiger partial charge in [-0.25, -0.2) is 4.79 Å². The van der Waals surface area contributed by atoms with Crippen LogP contribution in [0.4, 0.5) is 16.2 Å². The van der Waals surface area contributed by atoms with E-state index in [-0.39, 0.29) is 6.03 Å². The van der Waals surface area contributed by atoms with Crippen molar-refractivity contribution in [2.45, 2.75) is 32.1 Å². The summed E-state index contributed by atoms with van der Waals surface area (Å²) in [6, 6.07) is 23.6. The van der Waals surface area contributed by atoms with Crippen molar-refractivity contribution in [2.75, 3.05) is 30.3 Å². The van der Waals surface area contributed by atoms with Crippen LogP contribution < -0.4 is 10.6 Å². The lowest BCUT2D eigenvalue weighted by Crippen LogP contribution is -2.33. The number of hydrogen-bond donors (Lipinski definition) is 2. The molecule has 5 rings (SSSR count). The summed E-state index contributed by atoms with van der Waals surface area (Å²) in [6.45, 7) is 5.68. The quantitative estimate of drug-likeness (QED) is 0.321. The van der Waals surface area contributed by atoms with Crippen molar-refractivity contribution in [3.05, 3.63) is 84.6 Å². The molecule has 2 N–H and O–H groups in total. The summed E-state index contributed by atoms with van der Waals surface area (Å²) < 4.78 is 5.85. The molecule has 1 aromatic heterocycles. The Morgan fingerprint density at radius 1 is 0.912 bits per heavy atom. The lowest BCUT2D eigenvalue weighted by Gasteiger charge is -2.31. The second-order valence-corrected chi connectivity index (χ2v) is 9.04. The van der Waals surface area contributed by atoms with Crippen LogP contribution in [-0.4, -0.2) is 30.6 Å². The average Bonchev–Trinajstić information content (AvgIpc) is 3.29. The van der Waals surface area contributed by atoms with E-state index in [1.54, 1.807) is 0 Å². The maximum atomic E-state index is 12.7. The predicted molar refractivity (Wildman–Crippen MR) is 139 cm³/mol. The van der Waals surface area contributed by atoms with Crippen molar-refractivity contribution in [3.8, 4) is 11.1 Å². The number of fused-ring (bicyclic) bond motifs is 1. The van der Waals surface area contributed by atoms with Crippen molar-refractivity contribution in [3.63, 3.8) is 0 Å². The smallest absolute Gasteiger partial charge is 0.323 e. The SMILES string of the molecule is CCCN1CCC(c2coc3ccc(NC(=O)Nc4cccc(-c5ccccc5)c4)cc23)CC1. The zero-order chi connectivity index (χ0) is 23.3. The number of carbonyl (C=O) groups excluding carboxylic acids is 1. The Morgan fingerprint density at radius 3 is 2.41 bits per heavy atom. The van der Waals surface area contributed by atoms with Gasteiger partial charge in [0.25, 0.3) is 0 Å². The molecule has 5 heteroatoms. The molecule has 2 amide bonds. The first kappa shape index (κ1) is 22.2. The lowest BCUT2D eigenvalue weighted by molar-refractivity contribution is 0.213. The van der Waals surface area contributed by atoms with E-state index < -0.39 is 0 Å². The van der Waals surface area contributed by atoms with Gasteiger partial charge in [-0.15, -0.1) is 0 Å². The van der Waals surface area contributed by atoms with Crippen LogP contribution in [0, 0.1) is 0 Å². The number of amides is 2. The van der Waals surface area contributed by atoms with Crippen LogP contribution >= 0.6 is 0 Å². The molecule has 0 spiro atoms. The summed E-state index contributed by atoms with van der Waals surface area (Å²) in [4.78, 5) is 15.3. The molecule has 0 saturated carbocycles. The molecule has 174 valence electrons. The molecule has 1 saturated heterocycles. The molecule has 0 aliphatic carbocycles. The highest BCUT2D eigenvalue weighted by atomic mass is 16.3. The van der Waals surface area contributed by atoms with Crippen LogP contribution in [0.2, 0.25) is 0 Å². The third kappa shape index (κ3) is 5.00. The van der Waals surface area contributed by atoms with Gasteiger partial charge in [0.05, 0.1) is 6.26 Å². The number of rotatable bonds is 6. The normalized spacial score (nSPS) is 14.9. The van der Waals surface area contributed by atoms with E-state index in [1.165, 1.54) is 18.5 Å². The van der Waals surface area contributed by atoms with Crippen molar-refractivity contribution < 1.29 is 9.21 Å². The molecule has 0 unspecified atom stereocenters. The Balaban J connectivity index is 1.27. The van der Waals surface area contributed by atoms with E-state index in [9.17, 15) is 4.79 Å². The summed E-state index contributed by atoms with van der Waals surface area (Å²) in [5.74, 6) is 0.499. The highest BCUT2D eigenvalue weighted by Gasteiger charge is 2.23. The summed E-state index contributed by atoms with van der Waals surface area (Å²) in [5.41, 5.74) is 5.81. The van der Waals surface area contributed by atoms with Crippen molar-refractivity contribution in [1.82, 2.24) is 4.90 Å². The summed E-state index contributed by atoms with van der Waals surface area (Å²) in [6.07, 6.45) is 5.39. The van der Waals surface area contributed by atoms with Gasteiger partial charge in [-0.1, -0.05) is 49.4 Å². The largest absolute Gasteiger partial charge is 0.464 e. The number of carbonyl (C=O) groups is 1. The van der Waals surface area contributed by atoms with E-state index in [1.807, 2.05) is 66.9 Å². The van der Waals surface area contributed by atoms with Crippen molar-refractivity contribution in [1.29, 1.82) is 0 Å². The third-order valence-corrected chi connectivity index (χ3v) is 6.66. The summed E-state index contributed by atoms with van der Waals surface area (Å²) in [5, 5.41) is 7.04. The van der Waals surface area contributed by atoms with E-state index in [0.717, 1.165) is 59.4 Å². The molecule has 2 heterocycles. The van der Waals surface area contributed by atoms with E-state index in [2.05, 4.69) is 34.6 Å². The van der Waals surface area contributed by atoms with Gasteiger partial charge in [-0.2, -0.15) is 0 Å². The van der Waals surface area contributed by atoms with Gasteiger partial charge in [0.2, 0.25) is 0 Å². The zero-order valence-electron chi connectivity index (χ0n) is 19.6.